The molecule has 6 heteroatoms. The van der Waals surface area contributed by atoms with Crippen LogP contribution in [0.3, 0.4) is 0 Å². The lowest BCUT2D eigenvalue weighted by molar-refractivity contribution is -0.167. The number of allylic oxidation sites excluding steroid dienone is 16. The molecule has 0 aromatic heterocycles. The standard InChI is InChI=1S/C53H86O6/c1-4-7-10-13-16-19-22-25-27-29-31-34-37-40-43-46-52(55)58-49-50(48-57-51(54)45-42-39-36-33-30-24-21-18-15-12-9-6-3)59-53(56)47-44-41-38-35-32-28-26-23-20-17-14-11-8-5-2/h7-8,10-11,13,16-22,25-28,50H,4-6,9,12,14-15,23-24,29-49H2,1-3H3/b10-7-,11-8-,16-13-,20-17-,21-18-,22-19-,27-25-,28-26-. The number of unbranched alkanes of at least 4 members (excludes halogenated alkanes) is 17. The summed E-state index contributed by atoms with van der Waals surface area (Å²) in [6, 6.07) is 0. The maximum absolute atomic E-state index is 12.7. The van der Waals surface area contributed by atoms with Crippen LogP contribution in [0.15, 0.2) is 97.2 Å². The third kappa shape index (κ3) is 45.3. The lowest BCUT2D eigenvalue weighted by Crippen LogP contribution is -2.30. The lowest BCUT2D eigenvalue weighted by atomic mass is 10.1. The van der Waals surface area contributed by atoms with E-state index in [4.69, 9.17) is 14.2 Å². The molecule has 1 unspecified atom stereocenters. The smallest absolute Gasteiger partial charge is 0.306 e. The van der Waals surface area contributed by atoms with E-state index < -0.39 is 6.10 Å². The Labute approximate surface area is 362 Å². The highest BCUT2D eigenvalue weighted by Gasteiger charge is 2.19. The van der Waals surface area contributed by atoms with Gasteiger partial charge in [0.25, 0.3) is 0 Å². The number of hydrogen-bond acceptors (Lipinski definition) is 6. The van der Waals surface area contributed by atoms with Gasteiger partial charge in [-0.1, -0.05) is 182 Å². The van der Waals surface area contributed by atoms with Crippen molar-refractivity contribution < 1.29 is 28.6 Å². The fourth-order valence-corrected chi connectivity index (χ4v) is 6.11. The maximum atomic E-state index is 12.7. The third-order valence-electron chi connectivity index (χ3n) is 9.65. The Bertz CT molecular complexity index is 1220. The second-order valence-corrected chi connectivity index (χ2v) is 15.3. The number of carbonyl (C=O) groups is 3. The highest BCUT2D eigenvalue weighted by molar-refractivity contribution is 5.71. The summed E-state index contributed by atoms with van der Waals surface area (Å²) in [5.41, 5.74) is 0. The zero-order chi connectivity index (χ0) is 43.0. The fourth-order valence-electron chi connectivity index (χ4n) is 6.11. The van der Waals surface area contributed by atoms with Crippen molar-refractivity contribution in [2.24, 2.45) is 0 Å². The quantitative estimate of drug-likeness (QED) is 0.0201. The monoisotopic (exact) mass is 819 g/mol. The molecule has 0 aliphatic carbocycles. The molecule has 334 valence electrons. The van der Waals surface area contributed by atoms with Gasteiger partial charge in [-0.05, 0) is 96.3 Å². The minimum Gasteiger partial charge on any atom is -0.462 e. The van der Waals surface area contributed by atoms with E-state index in [9.17, 15) is 14.4 Å². The van der Waals surface area contributed by atoms with Gasteiger partial charge in [-0.2, -0.15) is 0 Å². The van der Waals surface area contributed by atoms with Crippen molar-refractivity contribution >= 4 is 17.9 Å². The molecule has 0 aliphatic heterocycles. The summed E-state index contributed by atoms with van der Waals surface area (Å²) in [7, 11) is 0. The van der Waals surface area contributed by atoms with Gasteiger partial charge < -0.3 is 14.2 Å². The molecule has 0 rings (SSSR count). The SMILES string of the molecule is CC\C=C/C=C\C=C/C=C\CCCCCCCC(=O)OCC(COC(=O)CCCCCCC/C=C\CCCCC)OC(=O)CCCCCC/C=C\C/C=C\C/C=C\CC. The van der Waals surface area contributed by atoms with Gasteiger partial charge >= 0.3 is 17.9 Å². The van der Waals surface area contributed by atoms with E-state index >= 15 is 0 Å². The molecule has 0 aliphatic rings. The lowest BCUT2D eigenvalue weighted by Gasteiger charge is -2.18. The average Bonchev–Trinajstić information content (AvgIpc) is 3.23. The second-order valence-electron chi connectivity index (χ2n) is 15.3. The largest absolute Gasteiger partial charge is 0.462 e. The van der Waals surface area contributed by atoms with Crippen LogP contribution in [0.2, 0.25) is 0 Å². The average molecular weight is 819 g/mol. The predicted octanol–water partition coefficient (Wildman–Crippen LogP) is 15.4. The van der Waals surface area contributed by atoms with Gasteiger partial charge in [-0.3, -0.25) is 14.4 Å². The fraction of sp³-hybridized carbons (Fsp3) is 0.642. The summed E-state index contributed by atoms with van der Waals surface area (Å²) in [6.45, 7) is 6.29. The number of hydrogen-bond donors (Lipinski definition) is 0. The minimum atomic E-state index is -0.802. The molecule has 0 saturated heterocycles. The van der Waals surface area contributed by atoms with Crippen LogP contribution in [0, 0.1) is 0 Å². The van der Waals surface area contributed by atoms with Crippen LogP contribution in [0.25, 0.3) is 0 Å². The summed E-state index contributed by atoms with van der Waals surface area (Å²) in [4.78, 5) is 37.8. The normalized spacial score (nSPS) is 12.9. The summed E-state index contributed by atoms with van der Waals surface area (Å²) >= 11 is 0. The molecule has 0 N–H and O–H groups in total. The van der Waals surface area contributed by atoms with E-state index in [1.165, 1.54) is 32.1 Å². The van der Waals surface area contributed by atoms with Crippen LogP contribution in [-0.4, -0.2) is 37.2 Å². The molecule has 0 bridgehead atoms. The summed E-state index contributed by atoms with van der Waals surface area (Å²) in [5, 5.41) is 0. The molecule has 0 heterocycles. The Hall–Kier alpha value is -3.67. The van der Waals surface area contributed by atoms with Gasteiger partial charge in [0.1, 0.15) is 13.2 Å². The van der Waals surface area contributed by atoms with Crippen molar-refractivity contribution in [3.63, 3.8) is 0 Å². The van der Waals surface area contributed by atoms with Gasteiger partial charge in [0, 0.05) is 19.3 Å². The second kappa shape index (κ2) is 47.0. The van der Waals surface area contributed by atoms with Crippen LogP contribution >= 0.6 is 0 Å². The molecule has 0 spiro atoms. The minimum absolute atomic E-state index is 0.101. The molecular formula is C53H86O6. The zero-order valence-corrected chi connectivity index (χ0v) is 38.0. The topological polar surface area (TPSA) is 78.9 Å². The number of rotatable bonds is 41. The Morgan fingerprint density at radius 1 is 0.373 bits per heavy atom. The van der Waals surface area contributed by atoms with E-state index in [0.29, 0.717) is 19.3 Å². The Morgan fingerprint density at radius 3 is 1.25 bits per heavy atom. The molecule has 0 aromatic rings. The zero-order valence-electron chi connectivity index (χ0n) is 38.0. The summed E-state index contributed by atoms with van der Waals surface area (Å²) in [6.07, 6.45) is 61.0. The van der Waals surface area contributed by atoms with E-state index in [1.54, 1.807) is 0 Å². The first kappa shape index (κ1) is 55.3. The van der Waals surface area contributed by atoms with Gasteiger partial charge in [-0.15, -0.1) is 0 Å². The molecule has 59 heavy (non-hydrogen) atoms. The van der Waals surface area contributed by atoms with Crippen molar-refractivity contribution in [3.8, 4) is 0 Å². The number of esters is 3. The van der Waals surface area contributed by atoms with Crippen molar-refractivity contribution in [1.29, 1.82) is 0 Å². The number of ether oxygens (including phenoxy) is 3. The summed E-state index contributed by atoms with van der Waals surface area (Å²) < 4.78 is 16.7. The third-order valence-corrected chi connectivity index (χ3v) is 9.65. The van der Waals surface area contributed by atoms with Gasteiger partial charge in [0.15, 0.2) is 6.10 Å². The first-order valence-corrected chi connectivity index (χ1v) is 23.8. The van der Waals surface area contributed by atoms with Crippen LogP contribution in [0.1, 0.15) is 201 Å². The van der Waals surface area contributed by atoms with E-state index in [2.05, 4.69) is 93.7 Å². The highest BCUT2D eigenvalue weighted by atomic mass is 16.6. The van der Waals surface area contributed by atoms with E-state index in [1.807, 2.05) is 24.3 Å². The van der Waals surface area contributed by atoms with Gasteiger partial charge in [0.2, 0.25) is 0 Å². The number of carbonyl (C=O) groups excluding carboxylic acids is 3. The molecular weight excluding hydrogens is 733 g/mol. The first-order chi connectivity index (χ1) is 29.0. The molecule has 0 amide bonds. The van der Waals surface area contributed by atoms with Crippen LogP contribution < -0.4 is 0 Å². The van der Waals surface area contributed by atoms with Crippen LogP contribution in [0.5, 0.6) is 0 Å². The van der Waals surface area contributed by atoms with Crippen molar-refractivity contribution in [1.82, 2.24) is 0 Å². The molecule has 0 fully saturated rings. The van der Waals surface area contributed by atoms with Crippen molar-refractivity contribution in [2.75, 3.05) is 13.2 Å². The Balaban J connectivity index is 4.49. The Kier molecular flexibility index (Phi) is 44.1. The van der Waals surface area contributed by atoms with Crippen LogP contribution in [0.4, 0.5) is 0 Å². The van der Waals surface area contributed by atoms with E-state index in [0.717, 1.165) is 128 Å². The summed E-state index contributed by atoms with van der Waals surface area (Å²) in [5.74, 6) is -0.963. The van der Waals surface area contributed by atoms with Crippen molar-refractivity contribution in [3.05, 3.63) is 97.2 Å². The van der Waals surface area contributed by atoms with Gasteiger partial charge in [-0.25, -0.2) is 0 Å². The predicted molar refractivity (Wildman–Crippen MR) is 251 cm³/mol. The molecule has 1 atom stereocenters. The van der Waals surface area contributed by atoms with Crippen LogP contribution in [-0.2, 0) is 28.6 Å². The van der Waals surface area contributed by atoms with E-state index in [-0.39, 0.29) is 31.1 Å². The highest BCUT2D eigenvalue weighted by Crippen LogP contribution is 2.13. The molecule has 0 aromatic carbocycles. The molecule has 0 radical (unpaired) electrons. The van der Waals surface area contributed by atoms with Crippen molar-refractivity contribution in [2.45, 2.75) is 207 Å². The molecule has 0 saturated carbocycles. The Morgan fingerprint density at radius 2 is 0.746 bits per heavy atom. The molecule has 6 nitrogen and oxygen atoms in total. The maximum Gasteiger partial charge on any atom is 0.306 e. The van der Waals surface area contributed by atoms with Gasteiger partial charge in [0.05, 0.1) is 0 Å². The first-order valence-electron chi connectivity index (χ1n) is 23.8.